The van der Waals surface area contributed by atoms with Crippen LogP contribution < -0.4 is 10.6 Å². The lowest BCUT2D eigenvalue weighted by Gasteiger charge is -2.26. The van der Waals surface area contributed by atoms with Gasteiger partial charge in [-0.25, -0.2) is 0 Å². The van der Waals surface area contributed by atoms with E-state index in [2.05, 4.69) is 10.6 Å². The summed E-state index contributed by atoms with van der Waals surface area (Å²) < 4.78 is 5.37. The first-order chi connectivity index (χ1) is 7.34. The molecule has 2 N–H and O–H groups in total. The van der Waals surface area contributed by atoms with Gasteiger partial charge in [0, 0.05) is 24.9 Å². The molecule has 1 atom stereocenters. The molecule has 2 aliphatic rings. The zero-order valence-corrected chi connectivity index (χ0v) is 10.9. The fourth-order valence-corrected chi connectivity index (χ4v) is 2.86. The molecule has 94 valence electrons. The monoisotopic (exact) mass is 266 g/mol. The Labute approximate surface area is 107 Å². The Bertz CT molecular complexity index is 221. The third kappa shape index (κ3) is 4.49. The van der Waals surface area contributed by atoms with Gasteiger partial charge in [0.2, 0.25) is 5.91 Å². The number of ether oxygens (including phenoxy) is 1. The number of nitrogens with one attached hydrogen (secondary N) is 2. The van der Waals surface area contributed by atoms with Crippen LogP contribution in [0.3, 0.4) is 0 Å². The van der Waals surface area contributed by atoms with Gasteiger partial charge in [-0.2, -0.15) is 11.8 Å². The van der Waals surface area contributed by atoms with Crippen molar-refractivity contribution in [2.75, 3.05) is 32.0 Å². The standard InChI is InChI=1S/C10H18N2O2S.ClH/c13-10(7-14-8-4-11-5-8)12-6-9-2-1-3-15-9;/h8-9,11H,1-7H2,(H,12,13);1H. The van der Waals surface area contributed by atoms with E-state index >= 15 is 0 Å². The summed E-state index contributed by atoms with van der Waals surface area (Å²) in [6.45, 7) is 2.77. The predicted octanol–water partition coefficient (Wildman–Crippen LogP) is 0.408. The van der Waals surface area contributed by atoms with Crippen LogP contribution in [0.25, 0.3) is 0 Å². The van der Waals surface area contributed by atoms with Gasteiger partial charge in [-0.05, 0) is 18.6 Å². The Morgan fingerprint density at radius 2 is 2.31 bits per heavy atom. The molecule has 0 aliphatic carbocycles. The van der Waals surface area contributed by atoms with Crippen LogP contribution in [0.1, 0.15) is 12.8 Å². The van der Waals surface area contributed by atoms with Crippen LogP contribution >= 0.6 is 24.2 Å². The molecule has 0 spiro atoms. The number of thioether (sulfide) groups is 1. The zero-order valence-electron chi connectivity index (χ0n) is 9.24. The number of amides is 1. The van der Waals surface area contributed by atoms with Crippen molar-refractivity contribution in [3.8, 4) is 0 Å². The lowest BCUT2D eigenvalue weighted by Crippen LogP contribution is -2.49. The molecule has 6 heteroatoms. The average molecular weight is 267 g/mol. The van der Waals surface area contributed by atoms with Crippen LogP contribution in [0.4, 0.5) is 0 Å². The highest BCUT2D eigenvalue weighted by molar-refractivity contribution is 8.00. The Morgan fingerprint density at radius 3 is 2.88 bits per heavy atom. The summed E-state index contributed by atoms with van der Waals surface area (Å²) in [5.41, 5.74) is 0. The lowest BCUT2D eigenvalue weighted by molar-refractivity contribution is -0.128. The van der Waals surface area contributed by atoms with Crippen molar-refractivity contribution < 1.29 is 9.53 Å². The summed E-state index contributed by atoms with van der Waals surface area (Å²) in [5, 5.41) is 6.65. The van der Waals surface area contributed by atoms with Gasteiger partial charge in [0.15, 0.2) is 0 Å². The molecule has 0 saturated carbocycles. The van der Waals surface area contributed by atoms with Crippen molar-refractivity contribution in [1.29, 1.82) is 0 Å². The molecule has 2 rings (SSSR count). The van der Waals surface area contributed by atoms with E-state index in [1.807, 2.05) is 11.8 Å². The molecule has 4 nitrogen and oxygen atoms in total. The molecular formula is C10H19ClN2O2S. The second-order valence-corrected chi connectivity index (χ2v) is 5.44. The smallest absolute Gasteiger partial charge is 0.246 e. The second kappa shape index (κ2) is 7.37. The normalized spacial score (nSPS) is 24.6. The third-order valence-electron chi connectivity index (χ3n) is 2.75. The van der Waals surface area contributed by atoms with Crippen LogP contribution in [0.2, 0.25) is 0 Å². The molecule has 16 heavy (non-hydrogen) atoms. The van der Waals surface area contributed by atoms with Crippen LogP contribution in [-0.4, -0.2) is 49.3 Å². The summed E-state index contributed by atoms with van der Waals surface area (Å²) in [4.78, 5) is 11.4. The molecule has 0 radical (unpaired) electrons. The van der Waals surface area contributed by atoms with Crippen molar-refractivity contribution in [3.63, 3.8) is 0 Å². The largest absolute Gasteiger partial charge is 0.366 e. The number of rotatable bonds is 5. The molecule has 2 heterocycles. The summed E-state index contributed by atoms with van der Waals surface area (Å²) in [6, 6.07) is 0. The van der Waals surface area contributed by atoms with Crippen LogP contribution in [0.5, 0.6) is 0 Å². The summed E-state index contributed by atoms with van der Waals surface area (Å²) in [5.74, 6) is 1.26. The number of halogens is 1. The van der Waals surface area contributed by atoms with Crippen molar-refractivity contribution >= 4 is 30.1 Å². The Balaban J connectivity index is 0.00000128. The highest BCUT2D eigenvalue weighted by Gasteiger charge is 2.19. The van der Waals surface area contributed by atoms with Crippen molar-refractivity contribution in [1.82, 2.24) is 10.6 Å². The Hall–Kier alpha value is 0.0300. The van der Waals surface area contributed by atoms with Crippen LogP contribution in [0, 0.1) is 0 Å². The molecule has 1 unspecified atom stereocenters. The summed E-state index contributed by atoms with van der Waals surface area (Å²) >= 11 is 1.96. The van der Waals surface area contributed by atoms with Gasteiger partial charge in [0.1, 0.15) is 6.61 Å². The lowest BCUT2D eigenvalue weighted by atomic mass is 10.2. The highest BCUT2D eigenvalue weighted by atomic mass is 35.5. The molecule has 2 fully saturated rings. The summed E-state index contributed by atoms with van der Waals surface area (Å²) in [6.07, 6.45) is 2.77. The predicted molar refractivity (Wildman–Crippen MR) is 68.3 cm³/mol. The van der Waals surface area contributed by atoms with Gasteiger partial charge in [-0.15, -0.1) is 12.4 Å². The number of hydrogen-bond acceptors (Lipinski definition) is 4. The third-order valence-corrected chi connectivity index (χ3v) is 4.14. The zero-order chi connectivity index (χ0) is 10.5. The van der Waals surface area contributed by atoms with E-state index < -0.39 is 0 Å². The Morgan fingerprint density at radius 1 is 1.50 bits per heavy atom. The SMILES string of the molecule is Cl.O=C(COC1CNC1)NCC1CCCS1. The van der Waals surface area contributed by atoms with Gasteiger partial charge in [-0.1, -0.05) is 0 Å². The van der Waals surface area contributed by atoms with Gasteiger partial charge >= 0.3 is 0 Å². The molecule has 0 aromatic carbocycles. The first-order valence-electron chi connectivity index (χ1n) is 5.55. The van der Waals surface area contributed by atoms with E-state index in [1.165, 1.54) is 18.6 Å². The molecular weight excluding hydrogens is 248 g/mol. The number of carbonyl (C=O) groups is 1. The van der Waals surface area contributed by atoms with Crippen molar-refractivity contribution in [2.24, 2.45) is 0 Å². The van der Waals surface area contributed by atoms with Crippen LogP contribution in [-0.2, 0) is 9.53 Å². The Kier molecular flexibility index (Phi) is 6.49. The molecule has 1 amide bonds. The van der Waals surface area contributed by atoms with Crippen molar-refractivity contribution in [2.45, 2.75) is 24.2 Å². The average Bonchev–Trinajstić information content (AvgIpc) is 2.64. The van der Waals surface area contributed by atoms with Crippen LogP contribution in [0.15, 0.2) is 0 Å². The van der Waals surface area contributed by atoms with E-state index in [-0.39, 0.29) is 31.0 Å². The maximum Gasteiger partial charge on any atom is 0.246 e. The fourth-order valence-electron chi connectivity index (χ4n) is 1.66. The number of carbonyl (C=O) groups excluding carboxylic acids is 1. The molecule has 0 aromatic rings. The fraction of sp³-hybridized carbons (Fsp3) is 0.900. The van der Waals surface area contributed by atoms with Gasteiger partial charge in [0.05, 0.1) is 6.10 Å². The number of hydrogen-bond donors (Lipinski definition) is 2. The first-order valence-corrected chi connectivity index (χ1v) is 6.60. The second-order valence-electron chi connectivity index (χ2n) is 4.03. The molecule has 2 saturated heterocycles. The minimum Gasteiger partial charge on any atom is -0.366 e. The van der Waals surface area contributed by atoms with Crippen molar-refractivity contribution in [3.05, 3.63) is 0 Å². The quantitative estimate of drug-likeness (QED) is 0.757. The molecule has 0 bridgehead atoms. The van der Waals surface area contributed by atoms with E-state index in [0.717, 1.165) is 19.6 Å². The topological polar surface area (TPSA) is 50.4 Å². The minimum absolute atomic E-state index is 0. The van der Waals surface area contributed by atoms with Gasteiger partial charge < -0.3 is 15.4 Å². The first kappa shape index (κ1) is 14.1. The van der Waals surface area contributed by atoms with E-state index in [1.54, 1.807) is 0 Å². The molecule has 0 aromatic heterocycles. The maximum absolute atomic E-state index is 11.4. The maximum atomic E-state index is 11.4. The highest BCUT2D eigenvalue weighted by Crippen LogP contribution is 2.25. The van der Waals surface area contributed by atoms with E-state index in [0.29, 0.717) is 5.25 Å². The summed E-state index contributed by atoms with van der Waals surface area (Å²) in [7, 11) is 0. The van der Waals surface area contributed by atoms with E-state index in [9.17, 15) is 4.79 Å². The minimum atomic E-state index is 0. The van der Waals surface area contributed by atoms with E-state index in [4.69, 9.17) is 4.74 Å². The van der Waals surface area contributed by atoms with Gasteiger partial charge in [-0.3, -0.25) is 4.79 Å². The van der Waals surface area contributed by atoms with Gasteiger partial charge in [0.25, 0.3) is 0 Å². The molecule has 2 aliphatic heterocycles.